The molecule has 7 heteroatoms. The van der Waals surface area contributed by atoms with Gasteiger partial charge in [-0.15, -0.1) is 0 Å². The Morgan fingerprint density at radius 2 is 2.12 bits per heavy atom. The first-order chi connectivity index (χ1) is 11.9. The Morgan fingerprint density at radius 3 is 2.80 bits per heavy atom. The number of hydrogen-bond acceptors (Lipinski definition) is 4. The molecule has 1 saturated heterocycles. The van der Waals surface area contributed by atoms with E-state index < -0.39 is 12.0 Å². The van der Waals surface area contributed by atoms with Gasteiger partial charge in [0.25, 0.3) is 5.91 Å². The lowest BCUT2D eigenvalue weighted by molar-refractivity contribution is -0.145. The highest BCUT2D eigenvalue weighted by atomic mass is 32.2. The van der Waals surface area contributed by atoms with Crippen LogP contribution in [0.15, 0.2) is 35.4 Å². The summed E-state index contributed by atoms with van der Waals surface area (Å²) in [5.74, 6) is -1.35. The molecule has 1 aliphatic heterocycles. The number of thiocarbonyl (C=S) groups is 1. The van der Waals surface area contributed by atoms with Gasteiger partial charge in [0.2, 0.25) is 0 Å². The number of rotatable bonds is 5. The first-order valence-corrected chi connectivity index (χ1v) is 9.20. The molecule has 1 amide bonds. The van der Waals surface area contributed by atoms with Gasteiger partial charge in [-0.3, -0.25) is 9.69 Å². The number of thioether (sulfide) groups is 1. The number of nitrogens with zero attached hydrogens (tertiary/aromatic N) is 2. The zero-order valence-electron chi connectivity index (χ0n) is 13.9. The normalized spacial score (nSPS) is 17.7. The zero-order valence-corrected chi connectivity index (χ0v) is 15.6. The summed E-state index contributed by atoms with van der Waals surface area (Å²) >= 11 is 6.44. The molecule has 5 nitrogen and oxygen atoms in total. The molecule has 25 heavy (non-hydrogen) atoms. The molecular weight excluding hydrogens is 356 g/mol. The fraction of sp³-hybridized carbons (Fsp3) is 0.278. The van der Waals surface area contributed by atoms with Gasteiger partial charge in [0, 0.05) is 29.7 Å². The minimum Gasteiger partial charge on any atom is -0.480 e. The molecule has 0 spiro atoms. The molecule has 0 radical (unpaired) electrons. The van der Waals surface area contributed by atoms with Crippen molar-refractivity contribution in [3.8, 4) is 0 Å². The van der Waals surface area contributed by atoms with Crippen molar-refractivity contribution in [3.05, 3.63) is 40.9 Å². The SMILES string of the molecule is CCC[C@@H](C(=O)O)N1C(=O)/C(=C/c2cn(C)c3ccccc23)SC1=S. The number of hydrogen-bond donors (Lipinski definition) is 1. The lowest BCUT2D eigenvalue weighted by Crippen LogP contribution is -2.43. The van der Waals surface area contributed by atoms with Gasteiger partial charge in [0.15, 0.2) is 0 Å². The topological polar surface area (TPSA) is 62.5 Å². The molecule has 2 aromatic rings. The standard InChI is InChI=1S/C18H18N2O3S2/c1-3-6-14(17(22)23)20-16(21)15(25-18(20)24)9-11-10-19(2)13-8-5-4-7-12(11)13/h4-5,7-10,14H,3,6H2,1-2H3,(H,22,23)/b15-9-/t14-/m0/s1. The summed E-state index contributed by atoms with van der Waals surface area (Å²) in [4.78, 5) is 26.0. The maximum absolute atomic E-state index is 12.8. The van der Waals surface area contributed by atoms with E-state index in [1.807, 2.05) is 49.0 Å². The molecule has 0 bridgehead atoms. The molecule has 1 aromatic heterocycles. The van der Waals surface area contributed by atoms with Crippen LogP contribution in [0.25, 0.3) is 17.0 Å². The van der Waals surface area contributed by atoms with Crippen LogP contribution >= 0.6 is 24.0 Å². The van der Waals surface area contributed by atoms with E-state index in [1.54, 1.807) is 6.08 Å². The lowest BCUT2D eigenvalue weighted by atomic mass is 10.1. The molecule has 0 aliphatic carbocycles. The Bertz CT molecular complexity index is 901. The van der Waals surface area contributed by atoms with Crippen LogP contribution in [0.1, 0.15) is 25.3 Å². The van der Waals surface area contributed by atoms with E-state index in [0.717, 1.165) is 28.2 Å². The number of amides is 1. The molecule has 1 fully saturated rings. The number of aliphatic carboxylic acids is 1. The first-order valence-electron chi connectivity index (χ1n) is 7.98. The summed E-state index contributed by atoms with van der Waals surface area (Å²) < 4.78 is 2.30. The highest BCUT2D eigenvalue weighted by Gasteiger charge is 2.40. The molecule has 1 aliphatic rings. The minimum absolute atomic E-state index is 0.303. The smallest absolute Gasteiger partial charge is 0.326 e. The summed E-state index contributed by atoms with van der Waals surface area (Å²) in [7, 11) is 1.95. The van der Waals surface area contributed by atoms with Crippen LogP contribution in [0.5, 0.6) is 0 Å². The second-order valence-electron chi connectivity index (χ2n) is 5.91. The Kier molecular flexibility index (Phi) is 4.96. The third kappa shape index (κ3) is 3.21. The number of aryl methyl sites for hydroxylation is 1. The van der Waals surface area contributed by atoms with Crippen LogP contribution < -0.4 is 0 Å². The quantitative estimate of drug-likeness (QED) is 0.640. The highest BCUT2D eigenvalue weighted by molar-refractivity contribution is 8.26. The van der Waals surface area contributed by atoms with E-state index in [2.05, 4.69) is 0 Å². The van der Waals surface area contributed by atoms with Gasteiger partial charge in [-0.1, -0.05) is 55.5 Å². The number of benzene rings is 1. The predicted octanol–water partition coefficient (Wildman–Crippen LogP) is 3.63. The second kappa shape index (κ2) is 7.01. The van der Waals surface area contributed by atoms with Gasteiger partial charge >= 0.3 is 5.97 Å². The maximum Gasteiger partial charge on any atom is 0.326 e. The minimum atomic E-state index is -1.02. The average molecular weight is 374 g/mol. The summed E-state index contributed by atoms with van der Waals surface area (Å²) in [6.07, 6.45) is 4.80. The van der Waals surface area contributed by atoms with Crippen molar-refractivity contribution < 1.29 is 14.7 Å². The van der Waals surface area contributed by atoms with Crippen LogP contribution in [-0.2, 0) is 16.6 Å². The van der Waals surface area contributed by atoms with Gasteiger partial charge in [-0.25, -0.2) is 4.79 Å². The fourth-order valence-electron chi connectivity index (χ4n) is 3.01. The number of para-hydroxylation sites is 1. The molecule has 1 N–H and O–H groups in total. The van der Waals surface area contributed by atoms with Crippen molar-refractivity contribution in [2.24, 2.45) is 7.05 Å². The van der Waals surface area contributed by atoms with Crippen LogP contribution in [0.2, 0.25) is 0 Å². The predicted molar refractivity (Wildman–Crippen MR) is 104 cm³/mol. The molecule has 0 saturated carbocycles. The Morgan fingerprint density at radius 1 is 1.40 bits per heavy atom. The monoisotopic (exact) mass is 374 g/mol. The lowest BCUT2D eigenvalue weighted by Gasteiger charge is -2.22. The maximum atomic E-state index is 12.8. The molecular formula is C18H18N2O3S2. The van der Waals surface area contributed by atoms with Crippen LogP contribution in [0.3, 0.4) is 0 Å². The van der Waals surface area contributed by atoms with E-state index in [0.29, 0.717) is 22.1 Å². The largest absolute Gasteiger partial charge is 0.480 e. The van der Waals surface area contributed by atoms with Crippen molar-refractivity contribution in [1.82, 2.24) is 9.47 Å². The van der Waals surface area contributed by atoms with E-state index in [-0.39, 0.29) is 5.91 Å². The molecule has 2 heterocycles. The van der Waals surface area contributed by atoms with Crippen LogP contribution in [0.4, 0.5) is 0 Å². The number of aromatic nitrogens is 1. The third-order valence-electron chi connectivity index (χ3n) is 4.20. The van der Waals surface area contributed by atoms with Gasteiger partial charge in [-0.05, 0) is 18.6 Å². The average Bonchev–Trinajstić information content (AvgIpc) is 3.03. The fourth-order valence-corrected chi connectivity index (χ4v) is 4.36. The number of carboxylic acid groups (broad SMARTS) is 1. The van der Waals surface area contributed by atoms with E-state index >= 15 is 0 Å². The highest BCUT2D eigenvalue weighted by Crippen LogP contribution is 2.36. The zero-order chi connectivity index (χ0) is 18.1. The third-order valence-corrected chi connectivity index (χ3v) is 5.53. The number of fused-ring (bicyclic) bond motifs is 1. The van der Waals surface area contributed by atoms with Crippen molar-refractivity contribution in [2.45, 2.75) is 25.8 Å². The van der Waals surface area contributed by atoms with Gasteiger partial charge in [0.05, 0.1) is 4.91 Å². The van der Waals surface area contributed by atoms with Crippen LogP contribution in [-0.4, -0.2) is 36.8 Å². The molecule has 130 valence electrons. The van der Waals surface area contributed by atoms with Crippen LogP contribution in [0, 0.1) is 0 Å². The van der Waals surface area contributed by atoms with Gasteiger partial charge in [0.1, 0.15) is 10.4 Å². The van der Waals surface area contributed by atoms with Crippen molar-refractivity contribution in [1.29, 1.82) is 0 Å². The van der Waals surface area contributed by atoms with E-state index in [1.165, 1.54) is 4.90 Å². The molecule has 3 rings (SSSR count). The van der Waals surface area contributed by atoms with E-state index in [9.17, 15) is 14.7 Å². The summed E-state index contributed by atoms with van der Waals surface area (Å²) in [5, 5.41) is 10.5. The number of carbonyl (C=O) groups excluding carboxylic acids is 1. The number of carboxylic acids is 1. The first kappa shape index (κ1) is 17.7. The molecule has 1 aromatic carbocycles. The van der Waals surface area contributed by atoms with E-state index in [4.69, 9.17) is 12.2 Å². The summed E-state index contributed by atoms with van der Waals surface area (Å²) in [6.45, 7) is 1.89. The second-order valence-corrected chi connectivity index (χ2v) is 7.58. The van der Waals surface area contributed by atoms with Crippen molar-refractivity contribution in [2.75, 3.05) is 0 Å². The van der Waals surface area contributed by atoms with Gasteiger partial charge in [-0.2, -0.15) is 0 Å². The molecule has 1 atom stereocenters. The Labute approximate surface area is 155 Å². The Hall–Kier alpha value is -2.12. The molecule has 0 unspecified atom stereocenters. The summed E-state index contributed by atoms with van der Waals surface area (Å²) in [6, 6.07) is 7.02. The summed E-state index contributed by atoms with van der Waals surface area (Å²) in [5.41, 5.74) is 1.99. The Balaban J connectivity index is 1.98. The number of carbonyl (C=O) groups is 2. The van der Waals surface area contributed by atoms with Crippen molar-refractivity contribution in [3.63, 3.8) is 0 Å². The van der Waals surface area contributed by atoms with Crippen molar-refractivity contribution >= 4 is 57.2 Å². The van der Waals surface area contributed by atoms with Gasteiger partial charge < -0.3 is 9.67 Å².